The number of carbonyl (C=O) groups excluding carboxylic acids is 2. The number of nitrogens with one attached hydrogen (secondary N) is 3. The maximum Gasteiger partial charge on any atom is 0.416 e. The lowest BCUT2D eigenvalue weighted by Crippen LogP contribution is -2.35. The number of ether oxygens (including phenoxy) is 2. The normalized spacial score (nSPS) is 14.2. The first-order chi connectivity index (χ1) is 13.9. The van der Waals surface area contributed by atoms with Gasteiger partial charge in [-0.15, -0.1) is 0 Å². The Kier molecular flexibility index (Phi) is 6.47. The van der Waals surface area contributed by atoms with Crippen LogP contribution in [0.4, 0.5) is 21.9 Å². The second-order valence-corrected chi connectivity index (χ2v) is 6.64. The van der Waals surface area contributed by atoms with Crippen LogP contribution in [0.3, 0.4) is 0 Å². The Morgan fingerprint density at radius 2 is 2.07 bits per heavy atom. The number of aromatic amines is 1. The van der Waals surface area contributed by atoms with E-state index in [0.29, 0.717) is 24.6 Å². The summed E-state index contributed by atoms with van der Waals surface area (Å²) in [6.45, 7) is 8.89. The van der Waals surface area contributed by atoms with Gasteiger partial charge >= 0.3 is 6.09 Å². The highest BCUT2D eigenvalue weighted by atomic mass is 16.6. The summed E-state index contributed by atoms with van der Waals surface area (Å²) in [5.41, 5.74) is 8.20. The molecule has 10 heteroatoms. The third kappa shape index (κ3) is 5.56. The molecule has 0 radical (unpaired) electrons. The van der Waals surface area contributed by atoms with Gasteiger partial charge in [0.2, 0.25) is 0 Å². The first kappa shape index (κ1) is 20.4. The highest BCUT2D eigenvalue weighted by Gasteiger charge is 2.18. The highest BCUT2D eigenvalue weighted by Crippen LogP contribution is 2.23. The summed E-state index contributed by atoms with van der Waals surface area (Å²) < 4.78 is 10.2. The molecule has 2 heterocycles. The molecule has 0 atom stereocenters. The zero-order valence-electron chi connectivity index (χ0n) is 16.2. The zero-order valence-corrected chi connectivity index (χ0v) is 16.2. The van der Waals surface area contributed by atoms with Crippen molar-refractivity contribution in [2.45, 2.75) is 13.5 Å². The third-order valence-electron chi connectivity index (χ3n) is 4.25. The smallest absolute Gasteiger partial charge is 0.416 e. The Morgan fingerprint density at radius 3 is 2.79 bits per heavy atom. The van der Waals surface area contributed by atoms with Gasteiger partial charge in [0.25, 0.3) is 5.91 Å². The van der Waals surface area contributed by atoms with E-state index >= 15 is 0 Å². The molecule has 1 aliphatic heterocycles. The predicted molar refractivity (Wildman–Crippen MR) is 108 cm³/mol. The fourth-order valence-corrected chi connectivity index (χ4v) is 2.86. The van der Waals surface area contributed by atoms with Crippen molar-refractivity contribution in [1.82, 2.24) is 15.1 Å². The van der Waals surface area contributed by atoms with Gasteiger partial charge in [-0.25, -0.2) is 4.79 Å². The molecule has 2 amide bonds. The molecule has 29 heavy (non-hydrogen) atoms. The highest BCUT2D eigenvalue weighted by molar-refractivity contribution is 6.09. The average molecular weight is 400 g/mol. The van der Waals surface area contributed by atoms with Crippen LogP contribution in [0.2, 0.25) is 0 Å². The van der Waals surface area contributed by atoms with E-state index in [0.717, 1.165) is 25.2 Å². The first-order valence-electron chi connectivity index (χ1n) is 9.10. The second kappa shape index (κ2) is 9.22. The lowest BCUT2D eigenvalue weighted by Gasteiger charge is -2.26. The minimum absolute atomic E-state index is 0.0710. The summed E-state index contributed by atoms with van der Waals surface area (Å²) in [6.07, 6.45) is 0.548. The Balaban J connectivity index is 1.69. The summed E-state index contributed by atoms with van der Waals surface area (Å²) in [5, 5.41) is 11.6. The number of nitrogen functional groups attached to an aromatic ring is 1. The molecule has 0 aliphatic carbocycles. The van der Waals surface area contributed by atoms with Crippen LogP contribution in [0, 0.1) is 0 Å². The lowest BCUT2D eigenvalue weighted by molar-refractivity contribution is 0.0342. The number of rotatable bonds is 6. The van der Waals surface area contributed by atoms with Crippen LogP contribution in [-0.4, -0.2) is 53.4 Å². The largest absolute Gasteiger partial charge is 0.416 e. The molecule has 0 unspecified atom stereocenters. The molecule has 1 saturated heterocycles. The Morgan fingerprint density at radius 1 is 1.31 bits per heavy atom. The summed E-state index contributed by atoms with van der Waals surface area (Å²) in [5.74, 6) is -0.273. The van der Waals surface area contributed by atoms with Gasteiger partial charge in [-0.3, -0.25) is 20.1 Å². The molecular formula is C19H24N6O4. The predicted octanol–water partition coefficient (Wildman–Crippen LogP) is 2.16. The number of carbonyl (C=O) groups is 2. The van der Waals surface area contributed by atoms with Crippen LogP contribution >= 0.6 is 0 Å². The number of aromatic nitrogens is 2. The van der Waals surface area contributed by atoms with Crippen LogP contribution in [0.15, 0.2) is 36.7 Å². The average Bonchev–Trinajstić information content (AvgIpc) is 3.12. The summed E-state index contributed by atoms with van der Waals surface area (Å²) >= 11 is 0. The molecule has 3 rings (SSSR count). The standard InChI is InChI=1S/C19H24N6O4/c1-12(2)29-19(27)23-16-10-21-24-17(16)18(26)22-15-9-13(3-4-14(15)20)11-25-5-7-28-8-6-25/h3-4,9-10H,1,5-8,11,20H2,2H3,(H,21,24)(H,22,26)(H,23,27). The summed E-state index contributed by atoms with van der Waals surface area (Å²) in [4.78, 5) is 26.7. The molecule has 1 aromatic heterocycles. The maximum atomic E-state index is 12.7. The number of benzene rings is 1. The van der Waals surface area contributed by atoms with Crippen molar-refractivity contribution in [1.29, 1.82) is 0 Å². The van der Waals surface area contributed by atoms with Gasteiger partial charge in [0.05, 0.1) is 42.2 Å². The molecule has 5 N–H and O–H groups in total. The number of nitrogens with two attached hydrogens (primary N) is 1. The fraction of sp³-hybridized carbons (Fsp3) is 0.316. The van der Waals surface area contributed by atoms with E-state index in [-0.39, 0.29) is 17.1 Å². The molecule has 10 nitrogen and oxygen atoms in total. The van der Waals surface area contributed by atoms with Crippen LogP contribution < -0.4 is 16.4 Å². The number of nitrogens with zero attached hydrogens (tertiary/aromatic N) is 2. The van der Waals surface area contributed by atoms with Crippen molar-refractivity contribution < 1.29 is 19.1 Å². The number of hydrogen-bond donors (Lipinski definition) is 4. The van der Waals surface area contributed by atoms with Crippen LogP contribution in [0.1, 0.15) is 23.0 Å². The van der Waals surface area contributed by atoms with E-state index in [9.17, 15) is 9.59 Å². The second-order valence-electron chi connectivity index (χ2n) is 6.64. The number of anilines is 3. The van der Waals surface area contributed by atoms with Gasteiger partial charge in [-0.1, -0.05) is 12.6 Å². The van der Waals surface area contributed by atoms with E-state index < -0.39 is 12.0 Å². The Hall–Kier alpha value is -3.37. The van der Waals surface area contributed by atoms with Crippen LogP contribution in [0.25, 0.3) is 0 Å². The van der Waals surface area contributed by atoms with Crippen LogP contribution in [-0.2, 0) is 16.0 Å². The van der Waals surface area contributed by atoms with Gasteiger partial charge in [-0.2, -0.15) is 5.10 Å². The van der Waals surface area contributed by atoms with Crippen LogP contribution in [0.5, 0.6) is 0 Å². The van der Waals surface area contributed by atoms with Crippen molar-refractivity contribution in [3.63, 3.8) is 0 Å². The SMILES string of the molecule is C=C(C)OC(=O)Nc1cn[nH]c1C(=O)Nc1cc(CN2CCOCC2)ccc1N. The van der Waals surface area contributed by atoms with Gasteiger partial charge in [-0.05, 0) is 24.6 Å². The van der Waals surface area contributed by atoms with Crippen molar-refractivity contribution in [2.24, 2.45) is 0 Å². The Labute approximate surface area is 168 Å². The molecule has 1 aromatic carbocycles. The van der Waals surface area contributed by atoms with Gasteiger partial charge in [0, 0.05) is 19.6 Å². The van der Waals surface area contributed by atoms with E-state index in [1.165, 1.54) is 13.1 Å². The number of morpholine rings is 1. The number of amides is 2. The molecule has 2 aromatic rings. The summed E-state index contributed by atoms with van der Waals surface area (Å²) in [6, 6.07) is 5.51. The van der Waals surface area contributed by atoms with Crippen molar-refractivity contribution >= 4 is 29.1 Å². The van der Waals surface area contributed by atoms with Crippen molar-refractivity contribution in [2.75, 3.05) is 42.7 Å². The van der Waals surface area contributed by atoms with E-state index in [2.05, 4.69) is 32.3 Å². The van der Waals surface area contributed by atoms with Gasteiger partial charge in [0.1, 0.15) is 5.69 Å². The molecule has 154 valence electrons. The minimum Gasteiger partial charge on any atom is -0.416 e. The quantitative estimate of drug-likeness (QED) is 0.431. The number of hydrogen-bond acceptors (Lipinski definition) is 7. The molecular weight excluding hydrogens is 376 g/mol. The number of allylic oxidation sites excluding steroid dienone is 1. The van der Waals surface area contributed by atoms with E-state index in [1.54, 1.807) is 6.07 Å². The minimum atomic E-state index is -0.764. The third-order valence-corrected chi connectivity index (χ3v) is 4.25. The summed E-state index contributed by atoms with van der Waals surface area (Å²) in [7, 11) is 0. The zero-order chi connectivity index (χ0) is 20.8. The molecule has 0 saturated carbocycles. The van der Waals surface area contributed by atoms with E-state index in [4.69, 9.17) is 15.2 Å². The Bertz CT molecular complexity index is 904. The molecule has 0 bridgehead atoms. The molecule has 0 spiro atoms. The monoisotopic (exact) mass is 400 g/mol. The van der Waals surface area contributed by atoms with Gasteiger partial charge < -0.3 is 20.5 Å². The number of H-pyrrole nitrogens is 1. The first-order valence-corrected chi connectivity index (χ1v) is 9.10. The van der Waals surface area contributed by atoms with Crippen molar-refractivity contribution in [3.8, 4) is 0 Å². The van der Waals surface area contributed by atoms with Gasteiger partial charge in [0.15, 0.2) is 0 Å². The molecule has 1 aliphatic rings. The maximum absolute atomic E-state index is 12.7. The fourth-order valence-electron chi connectivity index (χ4n) is 2.86. The lowest BCUT2D eigenvalue weighted by atomic mass is 10.1. The molecule has 1 fully saturated rings. The van der Waals surface area contributed by atoms with E-state index in [1.807, 2.05) is 12.1 Å². The topological polar surface area (TPSA) is 135 Å². The van der Waals surface area contributed by atoms with Crippen molar-refractivity contribution in [3.05, 3.63) is 48.0 Å².